The highest BCUT2D eigenvalue weighted by atomic mass is 16.5. The first-order valence-electron chi connectivity index (χ1n) is 8.05. The lowest BCUT2D eigenvalue weighted by Gasteiger charge is -2.33. The lowest BCUT2D eigenvalue weighted by molar-refractivity contribution is 0.202. The third-order valence-electron chi connectivity index (χ3n) is 4.23. The minimum atomic E-state index is 0.485. The Hall–Kier alpha value is -1.13. The van der Waals surface area contributed by atoms with Crippen molar-refractivity contribution in [3.63, 3.8) is 0 Å². The Morgan fingerprint density at radius 1 is 1.38 bits per heavy atom. The number of nitrogens with one attached hydrogen (secondary N) is 1. The van der Waals surface area contributed by atoms with Gasteiger partial charge in [-0.1, -0.05) is 13.8 Å². The van der Waals surface area contributed by atoms with E-state index in [0.29, 0.717) is 12.1 Å². The molecule has 118 valence electrons. The van der Waals surface area contributed by atoms with Crippen molar-refractivity contribution in [2.24, 2.45) is 5.92 Å². The second-order valence-electron chi connectivity index (χ2n) is 6.30. The summed E-state index contributed by atoms with van der Waals surface area (Å²) in [6.07, 6.45) is 6.60. The zero-order valence-corrected chi connectivity index (χ0v) is 13.8. The molecule has 1 atom stereocenters. The van der Waals surface area contributed by atoms with E-state index in [1.807, 2.05) is 12.4 Å². The van der Waals surface area contributed by atoms with Crippen LogP contribution in [0.15, 0.2) is 18.5 Å². The quantitative estimate of drug-likeness (QED) is 0.759. The molecule has 1 saturated carbocycles. The van der Waals surface area contributed by atoms with Crippen LogP contribution in [-0.4, -0.2) is 37.3 Å². The molecule has 4 heteroatoms. The first-order chi connectivity index (χ1) is 10.1. The van der Waals surface area contributed by atoms with Gasteiger partial charge in [0.2, 0.25) is 0 Å². The van der Waals surface area contributed by atoms with Gasteiger partial charge in [-0.05, 0) is 37.3 Å². The summed E-state index contributed by atoms with van der Waals surface area (Å²) in [4.78, 5) is 6.83. The molecule has 1 aliphatic carbocycles. The number of aromatic nitrogens is 1. The maximum atomic E-state index is 5.30. The van der Waals surface area contributed by atoms with Crippen LogP contribution in [0.5, 0.6) is 0 Å². The summed E-state index contributed by atoms with van der Waals surface area (Å²) in [6, 6.07) is 3.17. The molecule has 0 saturated heterocycles. The first-order valence-corrected chi connectivity index (χ1v) is 8.05. The van der Waals surface area contributed by atoms with Gasteiger partial charge in [0, 0.05) is 38.5 Å². The number of anilines is 1. The zero-order chi connectivity index (χ0) is 15.2. The summed E-state index contributed by atoms with van der Waals surface area (Å²) in [5.41, 5.74) is 2.57. The van der Waals surface area contributed by atoms with Gasteiger partial charge >= 0.3 is 0 Å². The van der Waals surface area contributed by atoms with Crippen LogP contribution in [0.3, 0.4) is 0 Å². The molecule has 2 rings (SSSR count). The molecule has 0 bridgehead atoms. The molecule has 0 aliphatic heterocycles. The van der Waals surface area contributed by atoms with Crippen molar-refractivity contribution >= 4 is 5.69 Å². The number of methoxy groups -OCH3 is 1. The van der Waals surface area contributed by atoms with Crippen LogP contribution in [0.4, 0.5) is 5.69 Å². The number of rotatable bonds is 9. The Morgan fingerprint density at radius 2 is 2.14 bits per heavy atom. The molecule has 1 aromatic heterocycles. The van der Waals surface area contributed by atoms with Gasteiger partial charge in [-0.15, -0.1) is 0 Å². The third kappa shape index (κ3) is 4.68. The summed E-state index contributed by atoms with van der Waals surface area (Å²) in [6.45, 7) is 9.25. The predicted molar refractivity (Wildman–Crippen MR) is 87.6 cm³/mol. The van der Waals surface area contributed by atoms with E-state index in [4.69, 9.17) is 4.74 Å². The number of pyridine rings is 1. The highest BCUT2D eigenvalue weighted by Crippen LogP contribution is 2.37. The molecular weight excluding hydrogens is 262 g/mol. The highest BCUT2D eigenvalue weighted by molar-refractivity contribution is 5.53. The number of ether oxygens (including phenoxy) is 1. The van der Waals surface area contributed by atoms with Crippen molar-refractivity contribution in [3.8, 4) is 0 Å². The normalized spacial score (nSPS) is 16.2. The van der Waals surface area contributed by atoms with Crippen LogP contribution in [0.1, 0.15) is 39.2 Å². The first kappa shape index (κ1) is 16.2. The van der Waals surface area contributed by atoms with Gasteiger partial charge in [-0.25, -0.2) is 0 Å². The summed E-state index contributed by atoms with van der Waals surface area (Å²) in [5.74, 6) is 0.827. The minimum Gasteiger partial charge on any atom is -0.383 e. The van der Waals surface area contributed by atoms with E-state index in [2.05, 4.69) is 42.0 Å². The second kappa shape index (κ2) is 7.76. The molecule has 0 spiro atoms. The lowest BCUT2D eigenvalue weighted by Crippen LogP contribution is -2.38. The average molecular weight is 291 g/mol. The number of hydrogen-bond acceptors (Lipinski definition) is 4. The van der Waals surface area contributed by atoms with Crippen molar-refractivity contribution in [1.82, 2.24) is 10.3 Å². The largest absolute Gasteiger partial charge is 0.383 e. The van der Waals surface area contributed by atoms with E-state index in [-0.39, 0.29) is 0 Å². The fourth-order valence-corrected chi connectivity index (χ4v) is 2.70. The Bertz CT molecular complexity index is 432. The van der Waals surface area contributed by atoms with Crippen molar-refractivity contribution < 1.29 is 4.74 Å². The van der Waals surface area contributed by atoms with Crippen molar-refractivity contribution in [2.75, 3.05) is 25.2 Å². The summed E-state index contributed by atoms with van der Waals surface area (Å²) < 4.78 is 5.30. The van der Waals surface area contributed by atoms with Crippen LogP contribution >= 0.6 is 0 Å². The minimum absolute atomic E-state index is 0.485. The predicted octanol–water partition coefficient (Wildman–Crippen LogP) is 2.83. The highest BCUT2D eigenvalue weighted by Gasteiger charge is 2.32. The van der Waals surface area contributed by atoms with Crippen LogP contribution in [-0.2, 0) is 11.3 Å². The van der Waals surface area contributed by atoms with Crippen LogP contribution < -0.4 is 10.2 Å². The summed E-state index contributed by atoms with van der Waals surface area (Å²) in [7, 11) is 1.77. The van der Waals surface area contributed by atoms with E-state index < -0.39 is 0 Å². The van der Waals surface area contributed by atoms with E-state index in [1.165, 1.54) is 24.1 Å². The van der Waals surface area contributed by atoms with Crippen LogP contribution in [0.25, 0.3) is 0 Å². The Morgan fingerprint density at radius 3 is 2.76 bits per heavy atom. The molecule has 0 amide bonds. The molecule has 21 heavy (non-hydrogen) atoms. The summed E-state index contributed by atoms with van der Waals surface area (Å²) >= 11 is 0. The van der Waals surface area contributed by atoms with Crippen molar-refractivity contribution in [1.29, 1.82) is 0 Å². The van der Waals surface area contributed by atoms with E-state index >= 15 is 0 Å². The molecule has 4 nitrogen and oxygen atoms in total. The molecule has 1 aromatic rings. The fraction of sp³-hybridized carbons (Fsp3) is 0.706. The molecule has 1 unspecified atom stereocenters. The molecule has 1 fully saturated rings. The smallest absolute Gasteiger partial charge is 0.0637 e. The second-order valence-corrected chi connectivity index (χ2v) is 6.30. The molecule has 0 aromatic carbocycles. The van der Waals surface area contributed by atoms with Gasteiger partial charge in [-0.2, -0.15) is 0 Å². The van der Waals surface area contributed by atoms with Crippen LogP contribution in [0, 0.1) is 5.92 Å². The molecule has 1 aliphatic rings. The maximum Gasteiger partial charge on any atom is 0.0637 e. The van der Waals surface area contributed by atoms with Gasteiger partial charge in [0.05, 0.1) is 18.5 Å². The van der Waals surface area contributed by atoms with Gasteiger partial charge in [0.1, 0.15) is 0 Å². The van der Waals surface area contributed by atoms with Crippen LogP contribution in [0.2, 0.25) is 0 Å². The van der Waals surface area contributed by atoms with E-state index in [9.17, 15) is 0 Å². The Labute approximate surface area is 128 Å². The summed E-state index contributed by atoms with van der Waals surface area (Å²) in [5, 5.41) is 3.51. The number of nitrogens with zero attached hydrogens (tertiary/aromatic N) is 2. The molecule has 0 radical (unpaired) electrons. The SMILES string of the molecule is COCCN(c1cnccc1CNC(C)C)C(C)C1CC1. The van der Waals surface area contributed by atoms with Gasteiger partial charge < -0.3 is 15.0 Å². The number of hydrogen-bond donors (Lipinski definition) is 1. The molecular formula is C17H29N3O. The lowest BCUT2D eigenvalue weighted by atomic mass is 10.1. The Kier molecular flexibility index (Phi) is 6.00. The topological polar surface area (TPSA) is 37.4 Å². The third-order valence-corrected chi connectivity index (χ3v) is 4.23. The average Bonchev–Trinajstić information content (AvgIpc) is 3.31. The van der Waals surface area contributed by atoms with E-state index in [1.54, 1.807) is 7.11 Å². The van der Waals surface area contributed by atoms with Gasteiger partial charge in [-0.3, -0.25) is 4.98 Å². The fourth-order valence-electron chi connectivity index (χ4n) is 2.70. The zero-order valence-electron chi connectivity index (χ0n) is 13.8. The standard InChI is InChI=1S/C17H29N3O/c1-13(2)19-11-16-7-8-18-12-17(16)20(9-10-21-4)14(3)15-5-6-15/h7-8,12-15,19H,5-6,9-11H2,1-4H3. The molecule has 1 heterocycles. The maximum absolute atomic E-state index is 5.30. The van der Waals surface area contributed by atoms with Gasteiger partial charge in [0.15, 0.2) is 0 Å². The Balaban J connectivity index is 2.16. The van der Waals surface area contributed by atoms with Gasteiger partial charge in [0.25, 0.3) is 0 Å². The molecule has 1 N–H and O–H groups in total. The van der Waals surface area contributed by atoms with E-state index in [0.717, 1.165) is 25.6 Å². The van der Waals surface area contributed by atoms with Crippen molar-refractivity contribution in [3.05, 3.63) is 24.0 Å². The van der Waals surface area contributed by atoms with Crippen molar-refractivity contribution in [2.45, 2.75) is 52.2 Å². The monoisotopic (exact) mass is 291 g/mol.